The summed E-state index contributed by atoms with van der Waals surface area (Å²) >= 11 is 0. The highest BCUT2D eigenvalue weighted by Gasteiger charge is 2.30. The molecular formula is C16H25N3. The van der Waals surface area contributed by atoms with Gasteiger partial charge in [0.15, 0.2) is 0 Å². The molecule has 0 unspecified atom stereocenters. The van der Waals surface area contributed by atoms with Gasteiger partial charge in [-0.15, -0.1) is 0 Å². The molecule has 1 aliphatic rings. The lowest BCUT2D eigenvalue weighted by Crippen LogP contribution is -2.28. The van der Waals surface area contributed by atoms with Crippen molar-refractivity contribution in [3.8, 4) is 0 Å². The third-order valence-corrected chi connectivity index (χ3v) is 4.57. The van der Waals surface area contributed by atoms with Crippen LogP contribution in [0.4, 0.5) is 5.82 Å². The van der Waals surface area contributed by atoms with Crippen molar-refractivity contribution in [1.29, 1.82) is 0 Å². The second-order valence-corrected chi connectivity index (χ2v) is 6.12. The van der Waals surface area contributed by atoms with Crippen molar-refractivity contribution in [3.05, 3.63) is 24.4 Å². The molecule has 1 aliphatic carbocycles. The molecule has 0 amide bonds. The molecule has 0 spiro atoms. The molecule has 0 aromatic carbocycles. The predicted octanol–water partition coefficient (Wildman–Crippen LogP) is 4.48. The van der Waals surface area contributed by atoms with E-state index in [0.717, 1.165) is 24.6 Å². The first-order valence-electron chi connectivity index (χ1n) is 7.34. The van der Waals surface area contributed by atoms with Crippen LogP contribution in [0.3, 0.4) is 0 Å². The molecule has 0 aliphatic heterocycles. The second kappa shape index (κ2) is 6.18. The van der Waals surface area contributed by atoms with Gasteiger partial charge in [0.25, 0.3) is 0 Å². The van der Waals surface area contributed by atoms with E-state index in [0.29, 0.717) is 5.41 Å². The predicted molar refractivity (Wildman–Crippen MR) is 81.3 cm³/mol. The first kappa shape index (κ1) is 14.0. The quantitative estimate of drug-likeness (QED) is 0.810. The first-order chi connectivity index (χ1) is 9.12. The molecule has 1 aromatic heterocycles. The van der Waals surface area contributed by atoms with Gasteiger partial charge < -0.3 is 0 Å². The van der Waals surface area contributed by atoms with Crippen LogP contribution in [-0.2, 0) is 0 Å². The van der Waals surface area contributed by atoms with E-state index in [-0.39, 0.29) is 0 Å². The topological polar surface area (TPSA) is 37.3 Å². The van der Waals surface area contributed by atoms with Gasteiger partial charge in [-0.3, -0.25) is 5.43 Å². The molecule has 1 heterocycles. The number of hydrazone groups is 1. The number of pyridine rings is 1. The molecule has 1 saturated carbocycles. The van der Waals surface area contributed by atoms with Gasteiger partial charge in [-0.2, -0.15) is 5.10 Å². The van der Waals surface area contributed by atoms with Crippen LogP contribution < -0.4 is 5.43 Å². The Morgan fingerprint density at radius 3 is 2.63 bits per heavy atom. The molecule has 0 bridgehead atoms. The largest absolute Gasteiger partial charge is 0.261 e. The molecule has 104 valence electrons. The van der Waals surface area contributed by atoms with Crippen molar-refractivity contribution < 1.29 is 0 Å². The average Bonchev–Trinajstić information content (AvgIpc) is 2.47. The Morgan fingerprint density at radius 2 is 2.05 bits per heavy atom. The van der Waals surface area contributed by atoms with Crippen LogP contribution in [0.15, 0.2) is 29.5 Å². The Bertz CT molecular complexity index is 413. The SMILES string of the molecule is CCC(C)(C)C1CCC(=NNc2ccccn2)CC1. The number of anilines is 1. The summed E-state index contributed by atoms with van der Waals surface area (Å²) in [6.45, 7) is 7.09. The van der Waals surface area contributed by atoms with Gasteiger partial charge in [-0.25, -0.2) is 4.98 Å². The maximum absolute atomic E-state index is 4.50. The fourth-order valence-corrected chi connectivity index (χ4v) is 2.70. The van der Waals surface area contributed by atoms with Gasteiger partial charge in [0, 0.05) is 11.9 Å². The minimum Gasteiger partial charge on any atom is -0.261 e. The molecule has 3 heteroatoms. The Balaban J connectivity index is 1.86. The lowest BCUT2D eigenvalue weighted by Gasteiger charge is -2.36. The Hall–Kier alpha value is -1.38. The summed E-state index contributed by atoms with van der Waals surface area (Å²) in [6, 6.07) is 5.82. The lowest BCUT2D eigenvalue weighted by molar-refractivity contribution is 0.176. The monoisotopic (exact) mass is 259 g/mol. The fraction of sp³-hybridized carbons (Fsp3) is 0.625. The number of nitrogens with one attached hydrogen (secondary N) is 1. The van der Waals surface area contributed by atoms with Gasteiger partial charge in [0.2, 0.25) is 0 Å². The molecule has 0 radical (unpaired) electrons. The van der Waals surface area contributed by atoms with Crippen LogP contribution in [0.2, 0.25) is 0 Å². The van der Waals surface area contributed by atoms with Gasteiger partial charge in [0.05, 0.1) is 0 Å². The molecule has 3 nitrogen and oxygen atoms in total. The molecule has 2 rings (SSSR count). The summed E-state index contributed by atoms with van der Waals surface area (Å²) < 4.78 is 0. The highest BCUT2D eigenvalue weighted by Crippen LogP contribution is 2.39. The van der Waals surface area contributed by atoms with Crippen LogP contribution >= 0.6 is 0 Å². The minimum atomic E-state index is 0.472. The maximum atomic E-state index is 4.50. The van der Waals surface area contributed by atoms with Gasteiger partial charge >= 0.3 is 0 Å². The summed E-state index contributed by atoms with van der Waals surface area (Å²) in [5, 5.41) is 4.50. The van der Waals surface area contributed by atoms with Crippen LogP contribution in [0.5, 0.6) is 0 Å². The summed E-state index contributed by atoms with van der Waals surface area (Å²) in [5.74, 6) is 1.66. The first-order valence-corrected chi connectivity index (χ1v) is 7.34. The standard InChI is InChI=1S/C16H25N3/c1-4-16(2,3)13-8-10-14(11-9-13)18-19-15-7-5-6-12-17-15/h5-7,12-13H,4,8-11H2,1-3H3,(H,17,19). The molecule has 0 saturated heterocycles. The van der Waals surface area contributed by atoms with Crippen LogP contribution in [0.1, 0.15) is 52.9 Å². The summed E-state index contributed by atoms with van der Waals surface area (Å²) in [6.07, 6.45) is 7.81. The number of aromatic nitrogens is 1. The zero-order valence-corrected chi connectivity index (χ0v) is 12.3. The van der Waals surface area contributed by atoms with E-state index in [4.69, 9.17) is 0 Å². The van der Waals surface area contributed by atoms with Crippen molar-refractivity contribution in [1.82, 2.24) is 4.98 Å². The molecule has 19 heavy (non-hydrogen) atoms. The maximum Gasteiger partial charge on any atom is 0.146 e. The highest BCUT2D eigenvalue weighted by atomic mass is 15.3. The van der Waals surface area contributed by atoms with Crippen LogP contribution in [0.25, 0.3) is 0 Å². The molecule has 1 fully saturated rings. The van der Waals surface area contributed by atoms with E-state index in [2.05, 4.69) is 36.3 Å². The fourth-order valence-electron chi connectivity index (χ4n) is 2.70. The van der Waals surface area contributed by atoms with Gasteiger partial charge in [0.1, 0.15) is 5.82 Å². The summed E-state index contributed by atoms with van der Waals surface area (Å²) in [7, 11) is 0. The van der Waals surface area contributed by atoms with E-state index in [1.54, 1.807) is 6.20 Å². The van der Waals surface area contributed by atoms with Crippen molar-refractivity contribution in [2.75, 3.05) is 5.43 Å². The zero-order chi connectivity index (χ0) is 13.7. The number of rotatable bonds is 4. The molecule has 1 aromatic rings. The van der Waals surface area contributed by atoms with E-state index in [9.17, 15) is 0 Å². The molecule has 0 atom stereocenters. The van der Waals surface area contributed by atoms with Gasteiger partial charge in [-0.05, 0) is 49.1 Å². The van der Waals surface area contributed by atoms with E-state index >= 15 is 0 Å². The highest BCUT2D eigenvalue weighted by molar-refractivity contribution is 5.85. The Kier molecular flexibility index (Phi) is 4.56. The Morgan fingerprint density at radius 1 is 1.32 bits per heavy atom. The van der Waals surface area contributed by atoms with Crippen molar-refractivity contribution >= 4 is 11.5 Å². The number of hydrogen-bond donors (Lipinski definition) is 1. The number of nitrogens with zero attached hydrogens (tertiary/aromatic N) is 2. The van der Waals surface area contributed by atoms with Crippen LogP contribution in [-0.4, -0.2) is 10.7 Å². The normalized spacial score (nSPS) is 20.2. The summed E-state index contributed by atoms with van der Waals surface area (Å²) in [5.41, 5.74) is 4.82. The van der Waals surface area contributed by atoms with Gasteiger partial charge in [-0.1, -0.05) is 33.3 Å². The second-order valence-electron chi connectivity index (χ2n) is 6.12. The third-order valence-electron chi connectivity index (χ3n) is 4.57. The van der Waals surface area contributed by atoms with Crippen molar-refractivity contribution in [2.45, 2.75) is 52.9 Å². The van der Waals surface area contributed by atoms with Crippen molar-refractivity contribution in [2.24, 2.45) is 16.4 Å². The Labute approximate surface area is 116 Å². The lowest BCUT2D eigenvalue weighted by atomic mass is 9.69. The average molecular weight is 259 g/mol. The summed E-state index contributed by atoms with van der Waals surface area (Å²) in [4.78, 5) is 4.21. The smallest absolute Gasteiger partial charge is 0.146 e. The minimum absolute atomic E-state index is 0.472. The zero-order valence-electron chi connectivity index (χ0n) is 12.3. The third kappa shape index (κ3) is 3.79. The molecule has 1 N–H and O–H groups in total. The van der Waals surface area contributed by atoms with Crippen molar-refractivity contribution in [3.63, 3.8) is 0 Å². The van der Waals surface area contributed by atoms with Crippen LogP contribution in [0, 0.1) is 11.3 Å². The van der Waals surface area contributed by atoms with E-state index in [1.165, 1.54) is 25.0 Å². The number of hydrogen-bond acceptors (Lipinski definition) is 3. The van der Waals surface area contributed by atoms with E-state index < -0.39 is 0 Å². The van der Waals surface area contributed by atoms with E-state index in [1.807, 2.05) is 18.2 Å². The molecular weight excluding hydrogens is 234 g/mol.